The Kier molecular flexibility index (Phi) is 4.79. The minimum atomic E-state index is -0.263. The van der Waals surface area contributed by atoms with Crippen molar-refractivity contribution in [1.29, 1.82) is 0 Å². The predicted octanol–water partition coefficient (Wildman–Crippen LogP) is 4.38. The van der Waals surface area contributed by atoms with Crippen molar-refractivity contribution < 1.29 is 4.79 Å². The van der Waals surface area contributed by atoms with Crippen LogP contribution in [0.2, 0.25) is 0 Å². The second kappa shape index (κ2) is 7.40. The minimum absolute atomic E-state index is 0.0844. The molecular formula is C22H19N3O2S. The third-order valence-corrected chi connectivity index (χ3v) is 5.43. The molecule has 2 heterocycles. The van der Waals surface area contributed by atoms with Crippen LogP contribution in [-0.4, -0.2) is 15.5 Å². The number of nitrogens with one attached hydrogen (secondary N) is 1. The minimum Gasteiger partial charge on any atom is -0.325 e. The Bertz CT molecular complexity index is 1220. The van der Waals surface area contributed by atoms with Crippen molar-refractivity contribution in [3.8, 4) is 11.1 Å². The SMILES string of the molecule is Cc1ccc(-c2csc3ncn(CC(=O)Nc4cccc(C)c4)c(=O)c23)cc1. The van der Waals surface area contributed by atoms with Gasteiger partial charge in [0.25, 0.3) is 5.56 Å². The van der Waals surface area contributed by atoms with Crippen molar-refractivity contribution in [2.45, 2.75) is 20.4 Å². The summed E-state index contributed by atoms with van der Waals surface area (Å²) < 4.78 is 1.36. The Morgan fingerprint density at radius 1 is 1.11 bits per heavy atom. The molecule has 0 spiro atoms. The second-order valence-electron chi connectivity index (χ2n) is 6.79. The van der Waals surface area contributed by atoms with Gasteiger partial charge in [-0.05, 0) is 37.1 Å². The number of aryl methyl sites for hydroxylation is 2. The number of thiophene rings is 1. The molecule has 1 amide bonds. The Balaban J connectivity index is 1.66. The zero-order valence-corrected chi connectivity index (χ0v) is 16.4. The molecule has 4 aromatic rings. The fraction of sp³-hybridized carbons (Fsp3) is 0.136. The maximum Gasteiger partial charge on any atom is 0.263 e. The van der Waals surface area contributed by atoms with Crippen molar-refractivity contribution in [1.82, 2.24) is 9.55 Å². The van der Waals surface area contributed by atoms with Gasteiger partial charge in [0.15, 0.2) is 0 Å². The highest BCUT2D eigenvalue weighted by molar-refractivity contribution is 7.17. The average Bonchev–Trinajstić information content (AvgIpc) is 3.09. The van der Waals surface area contributed by atoms with Gasteiger partial charge in [-0.2, -0.15) is 0 Å². The third-order valence-electron chi connectivity index (χ3n) is 4.54. The fourth-order valence-electron chi connectivity index (χ4n) is 3.10. The number of rotatable bonds is 4. The molecule has 4 rings (SSSR count). The van der Waals surface area contributed by atoms with Crippen molar-refractivity contribution in [3.63, 3.8) is 0 Å². The van der Waals surface area contributed by atoms with Crippen LogP contribution in [-0.2, 0) is 11.3 Å². The van der Waals surface area contributed by atoms with E-state index in [4.69, 9.17) is 0 Å². The van der Waals surface area contributed by atoms with Crippen molar-refractivity contribution in [2.75, 3.05) is 5.32 Å². The van der Waals surface area contributed by atoms with E-state index < -0.39 is 0 Å². The molecule has 0 aliphatic carbocycles. The molecule has 0 atom stereocenters. The summed E-state index contributed by atoms with van der Waals surface area (Å²) in [6.45, 7) is 3.90. The maximum atomic E-state index is 13.0. The highest BCUT2D eigenvalue weighted by Crippen LogP contribution is 2.30. The largest absolute Gasteiger partial charge is 0.325 e. The van der Waals surface area contributed by atoms with E-state index in [0.29, 0.717) is 15.9 Å². The van der Waals surface area contributed by atoms with Crippen LogP contribution in [0.3, 0.4) is 0 Å². The molecule has 0 radical (unpaired) electrons. The highest BCUT2D eigenvalue weighted by Gasteiger charge is 2.14. The second-order valence-corrected chi connectivity index (χ2v) is 7.65. The van der Waals surface area contributed by atoms with Gasteiger partial charge in [-0.3, -0.25) is 14.2 Å². The lowest BCUT2D eigenvalue weighted by molar-refractivity contribution is -0.116. The van der Waals surface area contributed by atoms with Gasteiger partial charge < -0.3 is 5.32 Å². The number of nitrogens with zero attached hydrogens (tertiary/aromatic N) is 2. The van der Waals surface area contributed by atoms with E-state index in [1.807, 2.05) is 67.8 Å². The van der Waals surface area contributed by atoms with E-state index in [2.05, 4.69) is 10.3 Å². The van der Waals surface area contributed by atoms with Crippen molar-refractivity contribution in [3.05, 3.63) is 81.7 Å². The van der Waals surface area contributed by atoms with Gasteiger partial charge in [0.1, 0.15) is 11.4 Å². The Hall–Kier alpha value is -3.25. The molecule has 0 saturated heterocycles. The zero-order valence-electron chi connectivity index (χ0n) is 15.6. The number of carbonyl (C=O) groups is 1. The number of anilines is 1. The molecule has 1 N–H and O–H groups in total. The smallest absolute Gasteiger partial charge is 0.263 e. The normalized spacial score (nSPS) is 10.9. The van der Waals surface area contributed by atoms with Crippen LogP contribution in [0.25, 0.3) is 21.3 Å². The standard InChI is InChI=1S/C22H19N3O2S/c1-14-6-8-16(9-7-14)18-12-28-21-20(18)22(27)25(13-23-21)11-19(26)24-17-5-3-4-15(2)10-17/h3-10,12-13H,11H2,1-2H3,(H,24,26). The number of amides is 1. The van der Waals surface area contributed by atoms with Gasteiger partial charge in [-0.25, -0.2) is 4.98 Å². The van der Waals surface area contributed by atoms with Crippen LogP contribution in [0.4, 0.5) is 5.69 Å². The van der Waals surface area contributed by atoms with Gasteiger partial charge in [-0.15, -0.1) is 11.3 Å². The molecule has 2 aromatic heterocycles. The predicted molar refractivity (Wildman–Crippen MR) is 114 cm³/mol. The first-order valence-electron chi connectivity index (χ1n) is 8.91. The van der Waals surface area contributed by atoms with Crippen LogP contribution in [0.1, 0.15) is 11.1 Å². The first-order valence-corrected chi connectivity index (χ1v) is 9.79. The molecule has 140 valence electrons. The first kappa shape index (κ1) is 18.1. The molecule has 0 aliphatic heterocycles. The molecule has 5 nitrogen and oxygen atoms in total. The van der Waals surface area contributed by atoms with Crippen molar-refractivity contribution in [2.24, 2.45) is 0 Å². The summed E-state index contributed by atoms with van der Waals surface area (Å²) >= 11 is 1.43. The summed E-state index contributed by atoms with van der Waals surface area (Å²) in [7, 11) is 0. The quantitative estimate of drug-likeness (QED) is 0.563. The van der Waals surface area contributed by atoms with E-state index >= 15 is 0 Å². The van der Waals surface area contributed by atoms with Gasteiger partial charge in [0, 0.05) is 16.6 Å². The van der Waals surface area contributed by atoms with Gasteiger partial charge in [0.05, 0.1) is 11.7 Å². The molecule has 0 fully saturated rings. The first-order chi connectivity index (χ1) is 13.5. The lowest BCUT2D eigenvalue weighted by atomic mass is 10.1. The van der Waals surface area contributed by atoms with Crippen LogP contribution in [0, 0.1) is 13.8 Å². The van der Waals surface area contributed by atoms with E-state index in [-0.39, 0.29) is 18.0 Å². The molecular weight excluding hydrogens is 370 g/mol. The number of hydrogen-bond acceptors (Lipinski definition) is 4. The van der Waals surface area contributed by atoms with E-state index in [9.17, 15) is 9.59 Å². The van der Waals surface area contributed by atoms with Crippen LogP contribution < -0.4 is 10.9 Å². The topological polar surface area (TPSA) is 64.0 Å². The van der Waals surface area contributed by atoms with Crippen LogP contribution >= 0.6 is 11.3 Å². The van der Waals surface area contributed by atoms with Crippen molar-refractivity contribution >= 4 is 33.1 Å². The average molecular weight is 389 g/mol. The molecule has 0 aliphatic rings. The van der Waals surface area contributed by atoms with Crippen LogP contribution in [0.15, 0.2) is 65.0 Å². The summed E-state index contributed by atoms with van der Waals surface area (Å²) in [5, 5.41) is 5.33. The number of benzene rings is 2. The van der Waals surface area contributed by atoms with Gasteiger partial charge >= 0.3 is 0 Å². The summed E-state index contributed by atoms with van der Waals surface area (Å²) in [5.74, 6) is -0.263. The summed E-state index contributed by atoms with van der Waals surface area (Å²) in [6.07, 6.45) is 1.44. The fourth-order valence-corrected chi connectivity index (χ4v) is 4.01. The molecule has 28 heavy (non-hydrogen) atoms. The maximum absolute atomic E-state index is 13.0. The van der Waals surface area contributed by atoms with E-state index in [1.54, 1.807) is 0 Å². The lowest BCUT2D eigenvalue weighted by Gasteiger charge is -2.08. The number of fused-ring (bicyclic) bond motifs is 1. The lowest BCUT2D eigenvalue weighted by Crippen LogP contribution is -2.27. The molecule has 2 aromatic carbocycles. The van der Waals surface area contributed by atoms with Gasteiger partial charge in [-0.1, -0.05) is 42.0 Å². The molecule has 6 heteroatoms. The molecule has 0 unspecified atom stereocenters. The number of aromatic nitrogens is 2. The molecule has 0 saturated carbocycles. The van der Waals surface area contributed by atoms with E-state index in [1.165, 1.54) is 22.2 Å². The number of carbonyl (C=O) groups excluding carboxylic acids is 1. The van der Waals surface area contributed by atoms with Gasteiger partial charge in [0.2, 0.25) is 5.91 Å². The Morgan fingerprint density at radius 3 is 2.64 bits per heavy atom. The Morgan fingerprint density at radius 2 is 1.89 bits per heavy atom. The van der Waals surface area contributed by atoms with E-state index in [0.717, 1.165) is 22.3 Å². The number of hydrogen-bond donors (Lipinski definition) is 1. The monoisotopic (exact) mass is 389 g/mol. The Labute approximate surface area is 166 Å². The molecule has 0 bridgehead atoms. The summed E-state index contributed by atoms with van der Waals surface area (Å²) in [4.78, 5) is 30.5. The highest BCUT2D eigenvalue weighted by atomic mass is 32.1. The third kappa shape index (κ3) is 3.59. The summed E-state index contributed by atoms with van der Waals surface area (Å²) in [6, 6.07) is 15.6. The summed E-state index contributed by atoms with van der Waals surface area (Å²) in [5.41, 5.74) is 4.54. The van der Waals surface area contributed by atoms with Crippen LogP contribution in [0.5, 0.6) is 0 Å². The zero-order chi connectivity index (χ0) is 19.7.